The lowest BCUT2D eigenvalue weighted by Gasteiger charge is -2.27. The van der Waals surface area contributed by atoms with Crippen LogP contribution in [0.2, 0.25) is 0 Å². The molecule has 3 heteroatoms. The second-order valence-electron chi connectivity index (χ2n) is 4.61. The monoisotopic (exact) mass is 251 g/mol. The Morgan fingerprint density at radius 3 is 2.39 bits per heavy atom. The highest BCUT2D eigenvalue weighted by atomic mass is 16.5. The zero-order valence-corrected chi connectivity index (χ0v) is 12.3. The maximum Gasteiger partial charge on any atom is 0.126 e. The van der Waals surface area contributed by atoms with Crippen LogP contribution in [0.25, 0.3) is 0 Å². The van der Waals surface area contributed by atoms with Gasteiger partial charge < -0.3 is 14.8 Å². The Kier molecular flexibility index (Phi) is 5.63. The van der Waals surface area contributed by atoms with Crippen molar-refractivity contribution in [2.45, 2.75) is 39.8 Å². The Labute approximate surface area is 110 Å². The number of aryl methyl sites for hydroxylation is 1. The van der Waals surface area contributed by atoms with E-state index in [1.54, 1.807) is 14.2 Å². The van der Waals surface area contributed by atoms with Crippen molar-refractivity contribution in [3.8, 4) is 5.75 Å². The van der Waals surface area contributed by atoms with E-state index in [1.165, 1.54) is 11.1 Å². The molecule has 1 rings (SSSR count). The molecular weight excluding hydrogens is 226 g/mol. The number of benzene rings is 1. The van der Waals surface area contributed by atoms with Gasteiger partial charge in [0.15, 0.2) is 0 Å². The van der Waals surface area contributed by atoms with E-state index < -0.39 is 0 Å². The van der Waals surface area contributed by atoms with Crippen LogP contribution in [0, 0.1) is 13.8 Å². The van der Waals surface area contributed by atoms with Gasteiger partial charge in [0.2, 0.25) is 0 Å². The average molecular weight is 251 g/mol. The summed E-state index contributed by atoms with van der Waals surface area (Å²) in [5.74, 6) is 0.963. The Balaban J connectivity index is 3.23. The summed E-state index contributed by atoms with van der Waals surface area (Å²) in [4.78, 5) is 0. The first-order valence-electron chi connectivity index (χ1n) is 6.47. The zero-order valence-electron chi connectivity index (χ0n) is 12.3. The van der Waals surface area contributed by atoms with E-state index in [2.05, 4.69) is 45.1 Å². The molecule has 1 aromatic carbocycles. The van der Waals surface area contributed by atoms with Gasteiger partial charge in [-0.05, 0) is 38.4 Å². The van der Waals surface area contributed by atoms with Gasteiger partial charge in [0.1, 0.15) is 5.75 Å². The third-order valence-corrected chi connectivity index (χ3v) is 3.51. The van der Waals surface area contributed by atoms with Gasteiger partial charge >= 0.3 is 0 Å². The quantitative estimate of drug-likeness (QED) is 0.843. The van der Waals surface area contributed by atoms with E-state index in [9.17, 15) is 0 Å². The predicted octanol–water partition coefficient (Wildman–Crippen LogP) is 3.00. The highest BCUT2D eigenvalue weighted by molar-refractivity contribution is 5.47. The number of rotatable bonds is 6. The van der Waals surface area contributed by atoms with Gasteiger partial charge in [-0.2, -0.15) is 0 Å². The Morgan fingerprint density at radius 2 is 1.89 bits per heavy atom. The van der Waals surface area contributed by atoms with Crippen molar-refractivity contribution in [1.29, 1.82) is 0 Å². The minimum atomic E-state index is 0.0981. The summed E-state index contributed by atoms with van der Waals surface area (Å²) < 4.78 is 11.1. The number of likely N-dealkylation sites (N-methyl/N-ethyl adjacent to an activating group) is 1. The second kappa shape index (κ2) is 6.76. The molecule has 1 aromatic rings. The first-order chi connectivity index (χ1) is 8.56. The molecule has 0 radical (unpaired) electrons. The third kappa shape index (κ3) is 3.03. The van der Waals surface area contributed by atoms with Gasteiger partial charge in [-0.3, -0.25) is 0 Å². The Hall–Kier alpha value is -1.06. The maximum absolute atomic E-state index is 5.58. The molecule has 0 saturated heterocycles. The number of hydrogen-bond donors (Lipinski definition) is 1. The summed E-state index contributed by atoms with van der Waals surface area (Å²) >= 11 is 0. The van der Waals surface area contributed by atoms with Gasteiger partial charge in [-0.15, -0.1) is 0 Å². The van der Waals surface area contributed by atoms with E-state index in [0.717, 1.165) is 17.9 Å². The summed E-state index contributed by atoms with van der Waals surface area (Å²) in [5, 5.41) is 3.47. The van der Waals surface area contributed by atoms with Crippen molar-refractivity contribution >= 4 is 0 Å². The number of ether oxygens (including phenoxy) is 2. The van der Waals surface area contributed by atoms with Crippen LogP contribution in [-0.4, -0.2) is 26.9 Å². The van der Waals surface area contributed by atoms with E-state index in [0.29, 0.717) is 0 Å². The van der Waals surface area contributed by atoms with Crippen molar-refractivity contribution in [3.63, 3.8) is 0 Å². The van der Waals surface area contributed by atoms with E-state index >= 15 is 0 Å². The molecule has 0 aromatic heterocycles. The second-order valence-corrected chi connectivity index (χ2v) is 4.61. The molecule has 0 heterocycles. The minimum absolute atomic E-state index is 0.0981. The summed E-state index contributed by atoms with van der Waals surface area (Å²) in [6, 6.07) is 4.42. The van der Waals surface area contributed by atoms with Gasteiger partial charge in [-0.25, -0.2) is 0 Å². The summed E-state index contributed by atoms with van der Waals surface area (Å²) in [5.41, 5.74) is 3.61. The normalized spacial score (nSPS) is 14.3. The van der Waals surface area contributed by atoms with Crippen molar-refractivity contribution in [2.75, 3.05) is 20.8 Å². The van der Waals surface area contributed by atoms with Gasteiger partial charge in [0.25, 0.3) is 0 Å². The van der Waals surface area contributed by atoms with Crippen molar-refractivity contribution < 1.29 is 9.47 Å². The lowest BCUT2D eigenvalue weighted by atomic mass is 9.96. The number of hydrogen-bond acceptors (Lipinski definition) is 3. The molecule has 0 fully saturated rings. The van der Waals surface area contributed by atoms with Crippen LogP contribution in [0.15, 0.2) is 12.1 Å². The van der Waals surface area contributed by atoms with Gasteiger partial charge in [0, 0.05) is 12.7 Å². The van der Waals surface area contributed by atoms with Gasteiger partial charge in [0.05, 0.1) is 19.3 Å². The van der Waals surface area contributed by atoms with Crippen LogP contribution in [0.4, 0.5) is 0 Å². The molecule has 2 unspecified atom stereocenters. The van der Waals surface area contributed by atoms with E-state index in [-0.39, 0.29) is 12.1 Å². The van der Waals surface area contributed by atoms with Crippen LogP contribution in [0.1, 0.15) is 36.6 Å². The number of methoxy groups -OCH3 is 2. The fourth-order valence-electron chi connectivity index (χ4n) is 2.21. The molecular formula is C15H25NO2. The first-order valence-corrected chi connectivity index (χ1v) is 6.47. The van der Waals surface area contributed by atoms with Crippen LogP contribution in [-0.2, 0) is 4.74 Å². The fourth-order valence-corrected chi connectivity index (χ4v) is 2.21. The molecule has 1 N–H and O–H groups in total. The molecule has 0 bridgehead atoms. The highest BCUT2D eigenvalue weighted by Crippen LogP contribution is 2.32. The first kappa shape index (κ1) is 15.0. The summed E-state index contributed by atoms with van der Waals surface area (Å²) in [6.45, 7) is 9.26. The summed E-state index contributed by atoms with van der Waals surface area (Å²) in [7, 11) is 3.47. The van der Waals surface area contributed by atoms with Crippen LogP contribution < -0.4 is 10.1 Å². The Morgan fingerprint density at radius 1 is 1.22 bits per heavy atom. The zero-order chi connectivity index (χ0) is 13.7. The SMILES string of the molecule is CCNC(c1ccc(C)c(C)c1OC)C(C)OC. The molecule has 2 atom stereocenters. The van der Waals surface area contributed by atoms with Crippen LogP contribution in [0.5, 0.6) is 5.75 Å². The lowest BCUT2D eigenvalue weighted by Crippen LogP contribution is -2.31. The fraction of sp³-hybridized carbons (Fsp3) is 0.600. The van der Waals surface area contributed by atoms with E-state index in [1.807, 2.05) is 0 Å². The lowest BCUT2D eigenvalue weighted by molar-refractivity contribution is 0.0826. The minimum Gasteiger partial charge on any atom is -0.496 e. The smallest absolute Gasteiger partial charge is 0.126 e. The largest absolute Gasteiger partial charge is 0.496 e. The standard InChI is InChI=1S/C15H25NO2/c1-7-16-14(12(4)17-5)13-9-8-10(2)11(3)15(13)18-6/h8-9,12,14,16H,7H2,1-6H3. The molecule has 0 aliphatic heterocycles. The molecule has 3 nitrogen and oxygen atoms in total. The Bertz CT molecular complexity index is 390. The topological polar surface area (TPSA) is 30.5 Å². The number of nitrogens with one attached hydrogen (secondary N) is 1. The molecule has 18 heavy (non-hydrogen) atoms. The maximum atomic E-state index is 5.58. The molecule has 0 spiro atoms. The molecule has 102 valence electrons. The molecule has 0 amide bonds. The van der Waals surface area contributed by atoms with E-state index in [4.69, 9.17) is 9.47 Å². The molecule has 0 saturated carbocycles. The van der Waals surface area contributed by atoms with Gasteiger partial charge in [-0.1, -0.05) is 19.1 Å². The van der Waals surface area contributed by atoms with Crippen molar-refractivity contribution in [3.05, 3.63) is 28.8 Å². The van der Waals surface area contributed by atoms with Crippen molar-refractivity contribution in [2.24, 2.45) is 0 Å². The predicted molar refractivity (Wildman–Crippen MR) is 75.4 cm³/mol. The highest BCUT2D eigenvalue weighted by Gasteiger charge is 2.22. The van der Waals surface area contributed by atoms with Crippen molar-refractivity contribution in [1.82, 2.24) is 5.32 Å². The third-order valence-electron chi connectivity index (χ3n) is 3.51. The molecule has 0 aliphatic rings. The van der Waals surface area contributed by atoms with Crippen LogP contribution in [0.3, 0.4) is 0 Å². The summed E-state index contributed by atoms with van der Waals surface area (Å²) in [6.07, 6.45) is 0.0981. The average Bonchev–Trinajstić information content (AvgIpc) is 2.38. The molecule has 0 aliphatic carbocycles. The van der Waals surface area contributed by atoms with Crippen LogP contribution >= 0.6 is 0 Å².